The van der Waals surface area contributed by atoms with Crippen LogP contribution in [0.1, 0.15) is 78.0 Å². The highest BCUT2D eigenvalue weighted by molar-refractivity contribution is 5.79. The number of hydrogen-bond acceptors (Lipinski definition) is 7. The quantitative estimate of drug-likeness (QED) is 0.146. The van der Waals surface area contributed by atoms with Gasteiger partial charge in [0.1, 0.15) is 23.5 Å². The molecule has 0 saturated carbocycles. The van der Waals surface area contributed by atoms with Gasteiger partial charge in [-0.1, -0.05) is 35.5 Å². The Morgan fingerprint density at radius 1 is 1.00 bits per heavy atom. The fraction of sp³-hybridized carbons (Fsp3) is 0.425. The minimum atomic E-state index is -4.33. The zero-order valence-electron chi connectivity index (χ0n) is 29.6. The lowest BCUT2D eigenvalue weighted by molar-refractivity contribution is -0.137. The van der Waals surface area contributed by atoms with Crippen molar-refractivity contribution in [2.24, 2.45) is 0 Å². The van der Waals surface area contributed by atoms with Crippen LogP contribution in [0, 0.1) is 12.7 Å². The van der Waals surface area contributed by atoms with Gasteiger partial charge in [0.2, 0.25) is 0 Å². The predicted octanol–water partition coefficient (Wildman–Crippen LogP) is 8.03. The molecular formula is C40H45F4N5O3. The predicted molar refractivity (Wildman–Crippen MR) is 192 cm³/mol. The topological polar surface area (TPSA) is 85.4 Å². The van der Waals surface area contributed by atoms with Gasteiger partial charge in [-0.2, -0.15) is 13.2 Å². The van der Waals surface area contributed by atoms with Crippen molar-refractivity contribution in [3.63, 3.8) is 0 Å². The van der Waals surface area contributed by atoms with Crippen molar-refractivity contribution in [2.75, 3.05) is 33.2 Å². The highest BCUT2D eigenvalue weighted by Gasteiger charge is 2.30. The number of likely N-dealkylation sites (tertiary alicyclic amines) is 1. The van der Waals surface area contributed by atoms with E-state index in [0.29, 0.717) is 17.3 Å². The van der Waals surface area contributed by atoms with Gasteiger partial charge >= 0.3 is 6.18 Å². The summed E-state index contributed by atoms with van der Waals surface area (Å²) < 4.78 is 64.2. The monoisotopic (exact) mass is 719 g/mol. The highest BCUT2D eigenvalue weighted by Crippen LogP contribution is 2.34. The van der Waals surface area contributed by atoms with Crippen LogP contribution in [0.25, 0.3) is 11.0 Å². The number of benzene rings is 3. The number of rotatable bonds is 10. The van der Waals surface area contributed by atoms with E-state index in [-0.39, 0.29) is 17.5 Å². The van der Waals surface area contributed by atoms with Gasteiger partial charge in [-0.25, -0.2) is 9.37 Å². The van der Waals surface area contributed by atoms with Crippen LogP contribution in [0.2, 0.25) is 0 Å². The molecule has 2 aliphatic rings. The first-order valence-electron chi connectivity index (χ1n) is 18.0. The Bertz CT molecular complexity index is 1970. The summed E-state index contributed by atoms with van der Waals surface area (Å²) in [4.78, 5) is 20.1. The minimum absolute atomic E-state index is 0.161. The van der Waals surface area contributed by atoms with Gasteiger partial charge < -0.3 is 19.5 Å². The molecular weight excluding hydrogens is 674 g/mol. The molecule has 4 heterocycles. The van der Waals surface area contributed by atoms with E-state index in [0.717, 1.165) is 124 Å². The number of nitrogens with one attached hydrogen (secondary N) is 1. The molecule has 5 aromatic rings. The molecule has 0 spiro atoms. The number of halogens is 4. The number of aryl methyl sites for hydroxylation is 2. The molecule has 1 saturated heterocycles. The molecule has 0 radical (unpaired) electrons. The van der Waals surface area contributed by atoms with Gasteiger partial charge in [-0.15, -0.1) is 0 Å². The normalized spacial score (nSPS) is 15.9. The van der Waals surface area contributed by atoms with Crippen molar-refractivity contribution >= 4 is 11.0 Å². The van der Waals surface area contributed by atoms with Crippen molar-refractivity contribution in [1.29, 1.82) is 0 Å². The van der Waals surface area contributed by atoms with Gasteiger partial charge in [-0.3, -0.25) is 9.36 Å². The maximum atomic E-state index is 13.4. The Labute approximate surface area is 300 Å². The molecule has 12 heteroatoms. The number of nitrogens with zero attached hydrogens (tertiary/aromatic N) is 4. The second-order valence-electron chi connectivity index (χ2n) is 13.5. The van der Waals surface area contributed by atoms with Gasteiger partial charge in [0.15, 0.2) is 5.58 Å². The third-order valence-electron chi connectivity index (χ3n) is 9.98. The Kier molecular flexibility index (Phi) is 12.1. The molecule has 7 rings (SSSR count). The molecule has 2 aromatic heterocycles. The first kappa shape index (κ1) is 37.2. The maximum Gasteiger partial charge on any atom is 0.416 e. The van der Waals surface area contributed by atoms with Gasteiger partial charge in [0.25, 0.3) is 5.56 Å². The Morgan fingerprint density at radius 3 is 2.46 bits per heavy atom. The third kappa shape index (κ3) is 9.08. The van der Waals surface area contributed by atoms with Crippen LogP contribution in [0.3, 0.4) is 0 Å². The van der Waals surface area contributed by atoms with Crippen LogP contribution in [-0.4, -0.2) is 52.8 Å². The van der Waals surface area contributed by atoms with E-state index >= 15 is 0 Å². The van der Waals surface area contributed by atoms with E-state index in [4.69, 9.17) is 14.2 Å². The molecule has 276 valence electrons. The number of aromatic nitrogens is 3. The minimum Gasteiger partial charge on any atom is -0.486 e. The number of alkyl halides is 3. The van der Waals surface area contributed by atoms with Crippen LogP contribution in [0.5, 0.6) is 5.75 Å². The van der Waals surface area contributed by atoms with Gasteiger partial charge in [0, 0.05) is 54.6 Å². The number of fused-ring (bicyclic) bond motifs is 2. The third-order valence-corrected chi connectivity index (χ3v) is 9.98. The summed E-state index contributed by atoms with van der Waals surface area (Å²) in [7, 11) is 1.85. The largest absolute Gasteiger partial charge is 0.486 e. The lowest BCUT2D eigenvalue weighted by Crippen LogP contribution is -2.37. The van der Waals surface area contributed by atoms with Crippen LogP contribution in [0.15, 0.2) is 82.1 Å². The molecule has 0 bridgehead atoms. The Balaban J connectivity index is 0.000000188. The summed E-state index contributed by atoms with van der Waals surface area (Å²) in [5, 5.41) is 8.20. The molecule has 0 aliphatic carbocycles. The number of hydrogen-bond donors (Lipinski definition) is 1. The van der Waals surface area contributed by atoms with E-state index in [2.05, 4.69) is 15.4 Å². The van der Waals surface area contributed by atoms with Crippen molar-refractivity contribution in [3.05, 3.63) is 123 Å². The van der Waals surface area contributed by atoms with Crippen LogP contribution in [-0.2, 0) is 25.6 Å². The van der Waals surface area contributed by atoms with Crippen molar-refractivity contribution < 1.29 is 26.8 Å². The molecule has 52 heavy (non-hydrogen) atoms. The summed E-state index contributed by atoms with van der Waals surface area (Å²) >= 11 is 0. The standard InChI is InChI=1S/C23H27FN4O2.C17H18F3NO/c1-15-18(23(29)28-10-3-2-4-21(28)25-15)9-13-27-11-7-16(8-12-27)22-19-6-5-17(24)14-20(19)30-26-22;1-21-12-11-16(13-5-3-2-4-6-13)22-15-9-7-14(8-10-15)17(18,19)20/h5-6,14,16H,2-4,7-13H2,1H3;2-10,16,21H,11-12H2,1H3. The smallest absolute Gasteiger partial charge is 0.416 e. The van der Waals surface area contributed by atoms with E-state index in [9.17, 15) is 22.4 Å². The lowest BCUT2D eigenvalue weighted by Gasteiger charge is -2.31. The molecule has 0 amide bonds. The van der Waals surface area contributed by atoms with Crippen LogP contribution < -0.4 is 15.6 Å². The summed E-state index contributed by atoms with van der Waals surface area (Å²) in [5.74, 6) is 1.40. The zero-order valence-corrected chi connectivity index (χ0v) is 29.6. The summed E-state index contributed by atoms with van der Waals surface area (Å²) in [6.45, 7) is 6.30. The summed E-state index contributed by atoms with van der Waals surface area (Å²) in [5.41, 5.74) is 3.70. The number of piperidine rings is 1. The van der Waals surface area contributed by atoms with E-state index < -0.39 is 11.7 Å². The highest BCUT2D eigenvalue weighted by atomic mass is 19.4. The molecule has 2 aliphatic heterocycles. The molecule has 1 fully saturated rings. The molecule has 1 unspecified atom stereocenters. The fourth-order valence-corrected chi connectivity index (χ4v) is 7.07. The second kappa shape index (κ2) is 16.9. The maximum absolute atomic E-state index is 13.4. The molecule has 1 atom stereocenters. The Hall–Kier alpha value is -4.55. The van der Waals surface area contributed by atoms with E-state index in [1.807, 2.05) is 48.9 Å². The van der Waals surface area contributed by atoms with Gasteiger partial charge in [-0.05, 0) is 108 Å². The molecule has 8 nitrogen and oxygen atoms in total. The average molecular weight is 720 g/mol. The summed E-state index contributed by atoms with van der Waals surface area (Å²) in [6, 6.07) is 19.1. The van der Waals surface area contributed by atoms with Crippen molar-refractivity contribution in [2.45, 2.75) is 76.6 Å². The Morgan fingerprint density at radius 2 is 1.75 bits per heavy atom. The lowest BCUT2D eigenvalue weighted by atomic mass is 9.91. The number of ether oxygens (including phenoxy) is 1. The molecule has 1 N–H and O–H groups in total. The first-order chi connectivity index (χ1) is 25.1. The van der Waals surface area contributed by atoms with E-state index in [1.54, 1.807) is 6.07 Å². The van der Waals surface area contributed by atoms with E-state index in [1.165, 1.54) is 24.3 Å². The zero-order chi connectivity index (χ0) is 36.7. The fourth-order valence-electron chi connectivity index (χ4n) is 7.07. The van der Waals surface area contributed by atoms with Gasteiger partial charge in [0.05, 0.1) is 11.3 Å². The second-order valence-corrected chi connectivity index (χ2v) is 13.5. The van der Waals surface area contributed by atoms with Crippen molar-refractivity contribution in [1.82, 2.24) is 24.9 Å². The van der Waals surface area contributed by atoms with Crippen LogP contribution in [0.4, 0.5) is 17.6 Å². The molecule has 3 aromatic carbocycles. The van der Waals surface area contributed by atoms with Crippen molar-refractivity contribution in [3.8, 4) is 5.75 Å². The first-order valence-corrected chi connectivity index (χ1v) is 18.0. The van der Waals surface area contributed by atoms with Crippen LogP contribution >= 0.6 is 0 Å². The summed E-state index contributed by atoms with van der Waals surface area (Å²) in [6.07, 6.45) is 2.00. The average Bonchev–Trinajstić information content (AvgIpc) is 3.57. The SMILES string of the molecule is CNCCC(Oc1ccc(C(F)(F)F)cc1)c1ccccc1.Cc1nc2n(c(=O)c1CCN1CCC(c3noc4cc(F)ccc34)CC1)CCCC2.